The Kier molecular flexibility index (Phi) is 1.84. The average molecular weight is 275 g/mol. The van der Waals surface area contributed by atoms with E-state index in [1.54, 1.807) is 6.20 Å². The molecule has 0 saturated heterocycles. The third-order valence-electron chi connectivity index (χ3n) is 1.66. The van der Waals surface area contributed by atoms with Gasteiger partial charge in [0.15, 0.2) is 0 Å². The van der Waals surface area contributed by atoms with Gasteiger partial charge in [0, 0.05) is 17.5 Å². The standard InChI is InChI=1S/C8H6INO2/c11-8(12)6-4-10-7-1-2-9-3-5(6)7/h1-4,10H,(H,11,12). The van der Waals surface area contributed by atoms with Crippen molar-refractivity contribution in [2.24, 2.45) is 0 Å². The molecule has 0 aromatic carbocycles. The van der Waals surface area contributed by atoms with Gasteiger partial charge in [-0.15, -0.1) is 0 Å². The van der Waals surface area contributed by atoms with Crippen molar-refractivity contribution in [3.63, 3.8) is 0 Å². The van der Waals surface area contributed by atoms with Gasteiger partial charge in [0.05, 0.1) is 5.56 Å². The lowest BCUT2D eigenvalue weighted by atomic mass is 10.2. The second-order valence-corrected chi connectivity index (χ2v) is 4.42. The van der Waals surface area contributed by atoms with Crippen molar-refractivity contribution in [2.75, 3.05) is 0 Å². The molecular formula is C8H6INO2. The van der Waals surface area contributed by atoms with Gasteiger partial charge < -0.3 is 10.1 Å². The van der Waals surface area contributed by atoms with Crippen LogP contribution in [0, 0.1) is 0 Å². The highest BCUT2D eigenvalue weighted by Gasteiger charge is 2.13. The SMILES string of the molecule is O=C(O)c1c[nH]c2c1C=IC=C2. The van der Waals surface area contributed by atoms with Crippen molar-refractivity contribution in [3.05, 3.63) is 27.1 Å². The van der Waals surface area contributed by atoms with E-state index in [1.165, 1.54) is 0 Å². The average Bonchev–Trinajstić information content (AvgIpc) is 2.47. The lowest BCUT2D eigenvalue weighted by Crippen LogP contribution is -1.98. The number of aromatic nitrogens is 1. The molecule has 0 bridgehead atoms. The highest BCUT2D eigenvalue weighted by atomic mass is 127. The number of H-pyrrole nitrogens is 1. The van der Waals surface area contributed by atoms with Gasteiger partial charge in [-0.2, -0.15) is 0 Å². The molecule has 0 atom stereocenters. The Morgan fingerprint density at radius 3 is 3.17 bits per heavy atom. The first-order valence-electron chi connectivity index (χ1n) is 3.35. The number of carboxylic acid groups (broad SMARTS) is 1. The molecule has 4 heteroatoms. The van der Waals surface area contributed by atoms with E-state index >= 15 is 0 Å². The Hall–Kier alpha value is -0.910. The summed E-state index contributed by atoms with van der Waals surface area (Å²) in [6, 6.07) is 0. The van der Waals surface area contributed by atoms with Crippen molar-refractivity contribution < 1.29 is 9.90 Å². The minimum Gasteiger partial charge on any atom is -0.478 e. The molecule has 1 aliphatic heterocycles. The smallest absolute Gasteiger partial charge is 0.337 e. The van der Waals surface area contributed by atoms with Gasteiger partial charge in [-0.05, 0) is 14.2 Å². The summed E-state index contributed by atoms with van der Waals surface area (Å²) in [5, 5.41) is 8.78. The fourth-order valence-corrected chi connectivity index (χ4v) is 2.89. The lowest BCUT2D eigenvalue weighted by Gasteiger charge is -1.97. The van der Waals surface area contributed by atoms with Crippen molar-refractivity contribution in [1.82, 2.24) is 4.98 Å². The van der Waals surface area contributed by atoms with E-state index in [0.29, 0.717) is 5.56 Å². The number of fused-ring (bicyclic) bond motifs is 1. The second-order valence-electron chi connectivity index (χ2n) is 2.36. The fraction of sp³-hybridized carbons (Fsp3) is 0. The molecule has 1 aliphatic rings. The van der Waals surface area contributed by atoms with E-state index < -0.39 is 5.97 Å². The molecule has 2 N–H and O–H groups in total. The van der Waals surface area contributed by atoms with Crippen LogP contribution in [0.5, 0.6) is 0 Å². The van der Waals surface area contributed by atoms with Crippen LogP contribution in [0.4, 0.5) is 0 Å². The number of aromatic carboxylic acids is 1. The monoisotopic (exact) mass is 275 g/mol. The number of halogens is 1. The molecule has 0 unspecified atom stereocenters. The molecule has 1 aromatic heterocycles. The molecule has 0 amide bonds. The Bertz CT molecular complexity index is 390. The number of carboxylic acids is 1. The quantitative estimate of drug-likeness (QED) is 0.768. The Labute approximate surface area is 78.9 Å². The number of carbonyl (C=O) groups is 1. The minimum absolute atomic E-state index is 0.0794. The maximum Gasteiger partial charge on any atom is 0.337 e. The Balaban J connectivity index is 2.61. The molecule has 12 heavy (non-hydrogen) atoms. The third kappa shape index (κ3) is 1.12. The van der Waals surface area contributed by atoms with Crippen LogP contribution in [-0.2, 0) is 0 Å². The van der Waals surface area contributed by atoms with Crippen molar-refractivity contribution in [1.29, 1.82) is 0 Å². The van der Waals surface area contributed by atoms with E-state index in [4.69, 9.17) is 5.11 Å². The van der Waals surface area contributed by atoms with Gasteiger partial charge in [0.25, 0.3) is 0 Å². The summed E-state index contributed by atoms with van der Waals surface area (Å²) in [5.74, 6) is -0.858. The Morgan fingerprint density at radius 2 is 2.42 bits per heavy atom. The molecule has 62 valence electrons. The Morgan fingerprint density at radius 1 is 1.58 bits per heavy atom. The van der Waals surface area contributed by atoms with Crippen LogP contribution in [0.2, 0.25) is 0 Å². The first-order chi connectivity index (χ1) is 5.79. The van der Waals surface area contributed by atoms with Gasteiger partial charge in [-0.1, -0.05) is 20.7 Å². The van der Waals surface area contributed by atoms with Crippen LogP contribution in [0.1, 0.15) is 21.6 Å². The summed E-state index contributed by atoms with van der Waals surface area (Å²) in [4.78, 5) is 13.6. The molecule has 3 nitrogen and oxygen atoms in total. The molecule has 0 radical (unpaired) electrons. The van der Waals surface area contributed by atoms with Crippen molar-refractivity contribution in [3.8, 4) is 0 Å². The summed E-state index contributed by atoms with van der Waals surface area (Å²) in [6.07, 6.45) is 3.50. The van der Waals surface area contributed by atoms with Gasteiger partial charge >= 0.3 is 5.97 Å². The van der Waals surface area contributed by atoms with E-state index in [9.17, 15) is 4.79 Å². The molecule has 1 aromatic rings. The predicted molar refractivity (Wildman–Crippen MR) is 56.0 cm³/mol. The maximum atomic E-state index is 10.7. The van der Waals surface area contributed by atoms with E-state index in [2.05, 4.69) is 9.07 Å². The van der Waals surface area contributed by atoms with E-state index in [1.807, 2.05) is 10.1 Å². The number of hydrogen-bond donors (Lipinski definition) is 2. The van der Waals surface area contributed by atoms with Crippen LogP contribution in [-0.4, -0.2) is 20.1 Å². The van der Waals surface area contributed by atoms with Gasteiger partial charge in [-0.25, -0.2) is 4.79 Å². The lowest BCUT2D eigenvalue weighted by molar-refractivity contribution is 0.0697. The first-order valence-corrected chi connectivity index (χ1v) is 5.84. The molecular weight excluding hydrogens is 269 g/mol. The van der Waals surface area contributed by atoms with Crippen molar-refractivity contribution in [2.45, 2.75) is 0 Å². The van der Waals surface area contributed by atoms with Gasteiger partial charge in [0.1, 0.15) is 0 Å². The van der Waals surface area contributed by atoms with Gasteiger partial charge in [0.2, 0.25) is 0 Å². The van der Waals surface area contributed by atoms with Crippen LogP contribution < -0.4 is 0 Å². The topological polar surface area (TPSA) is 53.1 Å². The highest BCUT2D eigenvalue weighted by molar-refractivity contribution is 14.2. The van der Waals surface area contributed by atoms with Crippen molar-refractivity contribution >= 4 is 36.8 Å². The molecule has 2 rings (SSSR count). The highest BCUT2D eigenvalue weighted by Crippen LogP contribution is 2.21. The number of rotatable bonds is 1. The summed E-state index contributed by atoms with van der Waals surface area (Å²) in [5.41, 5.74) is 2.16. The number of nitrogens with one attached hydrogen (secondary N) is 1. The molecule has 2 heterocycles. The number of aromatic amines is 1. The predicted octanol–water partition coefficient (Wildman–Crippen LogP) is 1.82. The normalized spacial score (nSPS) is 13.7. The van der Waals surface area contributed by atoms with E-state index in [-0.39, 0.29) is 20.7 Å². The van der Waals surface area contributed by atoms with Gasteiger partial charge in [-0.3, -0.25) is 0 Å². The zero-order chi connectivity index (χ0) is 8.55. The third-order valence-corrected chi connectivity index (χ3v) is 3.41. The zero-order valence-electron chi connectivity index (χ0n) is 6.04. The van der Waals surface area contributed by atoms with Crippen LogP contribution in [0.25, 0.3) is 6.08 Å². The summed E-state index contributed by atoms with van der Waals surface area (Å²) in [6.45, 7) is 0. The summed E-state index contributed by atoms with van der Waals surface area (Å²) in [7, 11) is 0. The second kappa shape index (κ2) is 2.85. The van der Waals surface area contributed by atoms with E-state index in [0.717, 1.165) is 11.3 Å². The first kappa shape index (κ1) is 7.72. The molecule has 0 saturated carbocycles. The minimum atomic E-state index is -0.858. The molecule has 0 fully saturated rings. The zero-order valence-corrected chi connectivity index (χ0v) is 8.20. The summed E-state index contributed by atoms with van der Waals surface area (Å²) < 4.78 is 4.12. The fourth-order valence-electron chi connectivity index (χ4n) is 1.08. The van der Waals surface area contributed by atoms with Crippen LogP contribution in [0.3, 0.4) is 0 Å². The maximum absolute atomic E-state index is 10.7. The number of hydrogen-bond acceptors (Lipinski definition) is 1. The molecule has 0 aliphatic carbocycles. The molecule has 0 spiro atoms. The summed E-state index contributed by atoms with van der Waals surface area (Å²) >= 11 is -0.0794. The largest absolute Gasteiger partial charge is 0.478 e. The van der Waals surface area contributed by atoms with Crippen LogP contribution >= 0.6 is 20.7 Å². The van der Waals surface area contributed by atoms with Crippen LogP contribution in [0.15, 0.2) is 10.3 Å².